The molecule has 0 fully saturated rings. The van der Waals surface area contributed by atoms with Gasteiger partial charge in [0.05, 0.1) is 6.61 Å². The van der Waals surface area contributed by atoms with Crippen molar-refractivity contribution in [2.45, 2.75) is 128 Å². The lowest BCUT2D eigenvalue weighted by Gasteiger charge is -2.27. The highest BCUT2D eigenvalue weighted by atomic mass is 32.2. The minimum absolute atomic E-state index is 0.00131. The Balaban J connectivity index is 2.11. The molecule has 0 saturated heterocycles. The van der Waals surface area contributed by atoms with Crippen molar-refractivity contribution in [1.29, 1.82) is 0 Å². The number of aliphatic hydroxyl groups excluding tert-OH is 2. The maximum absolute atomic E-state index is 12.3. The number of hydrogen-bond acceptors (Lipinski definition) is 6. The van der Waals surface area contributed by atoms with Crippen LogP contribution in [0.25, 0.3) is 0 Å². The third-order valence-electron chi connectivity index (χ3n) is 7.06. The van der Waals surface area contributed by atoms with Gasteiger partial charge in [0.2, 0.25) is 11.8 Å². The molecule has 0 aliphatic heterocycles. The highest BCUT2D eigenvalue weighted by Gasteiger charge is 2.32. The van der Waals surface area contributed by atoms with Gasteiger partial charge in [-0.3, -0.25) is 14.4 Å². The second-order valence-corrected chi connectivity index (χ2v) is 12.6. The number of amides is 2. The molecule has 1 aromatic carbocycles. The Labute approximate surface area is 252 Å². The smallest absolute Gasteiger partial charge is 0.249 e. The Morgan fingerprint density at radius 3 is 2.00 bits per heavy atom. The van der Waals surface area contributed by atoms with Crippen LogP contribution in [0.5, 0.6) is 0 Å². The van der Waals surface area contributed by atoms with Gasteiger partial charge in [0.15, 0.2) is 5.12 Å². The van der Waals surface area contributed by atoms with E-state index in [0.29, 0.717) is 12.1 Å². The Morgan fingerprint density at radius 1 is 0.854 bits per heavy atom. The number of nitrogens with one attached hydrogen (secondary N) is 2. The number of unbranched alkanes of at least 4 members (excludes halogenated alkanes) is 11. The largest absolute Gasteiger partial charge is 0.396 e. The summed E-state index contributed by atoms with van der Waals surface area (Å²) in [5.74, 6) is -0.606. The molecule has 2 amide bonds. The lowest BCUT2D eigenvalue weighted by molar-refractivity contribution is -0.137. The van der Waals surface area contributed by atoms with Gasteiger partial charge in [0.1, 0.15) is 6.10 Å². The molecule has 1 rings (SSSR count). The number of benzene rings is 1. The molecule has 7 nitrogen and oxygen atoms in total. The number of hydrogen-bond donors (Lipinski definition) is 4. The average Bonchev–Trinajstić information content (AvgIpc) is 2.95. The fraction of sp³-hybridized carbons (Fsp3) is 0.667. The second-order valence-electron chi connectivity index (χ2n) is 11.5. The summed E-state index contributed by atoms with van der Waals surface area (Å²) in [5.41, 5.74) is -0.253. The zero-order valence-electron chi connectivity index (χ0n) is 25.6. The first-order valence-corrected chi connectivity index (χ1v) is 16.3. The molecule has 0 heterocycles. The number of carbonyl (C=O) groups excluding carboxylic acids is 3. The van der Waals surface area contributed by atoms with E-state index in [-0.39, 0.29) is 30.6 Å². The Hall–Kier alpha value is -2.16. The molecule has 1 aromatic rings. The van der Waals surface area contributed by atoms with Crippen molar-refractivity contribution < 1.29 is 24.6 Å². The van der Waals surface area contributed by atoms with E-state index in [9.17, 15) is 24.6 Å². The van der Waals surface area contributed by atoms with Crippen molar-refractivity contribution in [2.24, 2.45) is 5.41 Å². The summed E-state index contributed by atoms with van der Waals surface area (Å²) < 4.78 is 0. The summed E-state index contributed by atoms with van der Waals surface area (Å²) in [6.45, 7) is 5.20. The van der Waals surface area contributed by atoms with Gasteiger partial charge >= 0.3 is 0 Å². The van der Waals surface area contributed by atoms with Crippen molar-refractivity contribution in [3.05, 3.63) is 36.4 Å². The maximum Gasteiger partial charge on any atom is 0.249 e. The molecule has 0 saturated carbocycles. The van der Waals surface area contributed by atoms with E-state index in [1.807, 2.05) is 0 Å². The molecular weight excluding hydrogens is 536 g/mol. The molecule has 0 aromatic heterocycles. The van der Waals surface area contributed by atoms with E-state index in [1.165, 1.54) is 57.8 Å². The van der Waals surface area contributed by atoms with Crippen molar-refractivity contribution in [3.8, 4) is 0 Å². The van der Waals surface area contributed by atoms with Crippen LogP contribution < -0.4 is 10.6 Å². The Morgan fingerprint density at radius 2 is 1.41 bits per heavy atom. The number of thioether (sulfide) groups is 1. The van der Waals surface area contributed by atoms with Crippen LogP contribution in [0.1, 0.15) is 117 Å². The second kappa shape index (κ2) is 22.4. The normalized spacial score (nSPS) is 12.4. The molecule has 232 valence electrons. The number of anilines is 1. The van der Waals surface area contributed by atoms with E-state index in [1.54, 1.807) is 38.1 Å². The number of aliphatic hydroxyl groups is 2. The van der Waals surface area contributed by atoms with Crippen LogP contribution in [0.3, 0.4) is 0 Å². The number of carbonyl (C=O) groups is 3. The highest BCUT2D eigenvalue weighted by molar-refractivity contribution is 8.13. The predicted molar refractivity (Wildman–Crippen MR) is 170 cm³/mol. The summed E-state index contributed by atoms with van der Waals surface area (Å²) in [6.07, 6.45) is 19.9. The molecule has 4 N–H and O–H groups in total. The minimum atomic E-state index is -1.35. The van der Waals surface area contributed by atoms with Crippen LogP contribution in [-0.2, 0) is 14.4 Å². The monoisotopic (exact) mass is 590 g/mol. The lowest BCUT2D eigenvalue weighted by Crippen LogP contribution is -2.45. The Bertz CT molecular complexity index is 901. The van der Waals surface area contributed by atoms with E-state index >= 15 is 0 Å². The SMILES string of the molecule is CCCCCCCC/C=C\CCCCCCCC(=O)Nc1ccc(SC(=O)CCNC(=O)C(O)C(C)(C)CO)cc1. The zero-order chi connectivity index (χ0) is 30.3. The molecule has 0 aliphatic carbocycles. The van der Waals surface area contributed by atoms with Crippen LogP contribution >= 0.6 is 11.8 Å². The number of rotatable bonds is 23. The van der Waals surface area contributed by atoms with Crippen LogP contribution in [0.2, 0.25) is 0 Å². The summed E-state index contributed by atoms with van der Waals surface area (Å²) in [4.78, 5) is 37.2. The van der Waals surface area contributed by atoms with Crippen LogP contribution in [0, 0.1) is 5.41 Å². The number of allylic oxidation sites excluding steroid dienone is 2. The standard InChI is InChI=1S/C33H54N2O5S/c1-4-5-6-7-8-9-10-11-12-13-14-15-16-17-18-19-29(37)35-27-20-22-28(23-21-27)41-30(38)24-25-34-32(40)31(39)33(2,3)26-36/h11-12,20-23,31,36,39H,4-10,13-19,24-26H2,1-3H3,(H,34,40)(H,35,37)/b12-11-. The predicted octanol–water partition coefficient (Wildman–Crippen LogP) is 7.17. The van der Waals surface area contributed by atoms with Crippen LogP contribution in [-0.4, -0.2) is 46.4 Å². The van der Waals surface area contributed by atoms with Crippen LogP contribution in [0.15, 0.2) is 41.3 Å². The summed E-state index contributed by atoms with van der Waals surface area (Å²) in [5, 5.41) is 24.6. The molecule has 8 heteroatoms. The quantitative estimate of drug-likeness (QED) is 0.0610. The molecular formula is C33H54N2O5S. The van der Waals surface area contributed by atoms with E-state index in [0.717, 1.165) is 42.3 Å². The molecule has 0 bridgehead atoms. The van der Waals surface area contributed by atoms with Gasteiger partial charge in [0.25, 0.3) is 0 Å². The van der Waals surface area contributed by atoms with Gasteiger partial charge in [-0.2, -0.15) is 0 Å². The maximum atomic E-state index is 12.3. The Kier molecular flexibility index (Phi) is 20.2. The van der Waals surface area contributed by atoms with Crippen LogP contribution in [0.4, 0.5) is 5.69 Å². The van der Waals surface area contributed by atoms with Gasteiger partial charge in [-0.15, -0.1) is 0 Å². The third-order valence-corrected chi connectivity index (χ3v) is 8.00. The summed E-state index contributed by atoms with van der Waals surface area (Å²) in [7, 11) is 0. The molecule has 41 heavy (non-hydrogen) atoms. The fourth-order valence-electron chi connectivity index (χ4n) is 4.19. The van der Waals surface area contributed by atoms with E-state index < -0.39 is 17.4 Å². The minimum Gasteiger partial charge on any atom is -0.396 e. The van der Waals surface area contributed by atoms with Gasteiger partial charge < -0.3 is 20.8 Å². The molecule has 0 radical (unpaired) electrons. The first-order valence-electron chi connectivity index (χ1n) is 15.5. The van der Waals surface area contributed by atoms with E-state index in [2.05, 4.69) is 29.7 Å². The first kappa shape index (κ1) is 36.9. The van der Waals surface area contributed by atoms with Gasteiger partial charge in [-0.05, 0) is 56.4 Å². The molecule has 1 unspecified atom stereocenters. The van der Waals surface area contributed by atoms with Crippen molar-refractivity contribution >= 4 is 34.4 Å². The molecule has 1 atom stereocenters. The average molecular weight is 591 g/mol. The lowest BCUT2D eigenvalue weighted by atomic mass is 9.87. The first-order chi connectivity index (χ1) is 19.7. The summed E-state index contributed by atoms with van der Waals surface area (Å²) >= 11 is 1.06. The third kappa shape index (κ3) is 18.1. The van der Waals surface area contributed by atoms with E-state index in [4.69, 9.17) is 0 Å². The van der Waals surface area contributed by atoms with Crippen molar-refractivity contribution in [1.82, 2.24) is 5.32 Å². The van der Waals surface area contributed by atoms with Gasteiger partial charge in [-0.1, -0.05) is 96.1 Å². The van der Waals surface area contributed by atoms with Crippen molar-refractivity contribution in [2.75, 3.05) is 18.5 Å². The molecule has 0 spiro atoms. The van der Waals surface area contributed by atoms with Gasteiger partial charge in [0, 0.05) is 35.4 Å². The van der Waals surface area contributed by atoms with Gasteiger partial charge in [-0.25, -0.2) is 0 Å². The van der Waals surface area contributed by atoms with Crippen molar-refractivity contribution in [3.63, 3.8) is 0 Å². The summed E-state index contributed by atoms with van der Waals surface area (Å²) in [6, 6.07) is 7.13. The highest BCUT2D eigenvalue weighted by Crippen LogP contribution is 2.23. The topological polar surface area (TPSA) is 116 Å². The fourth-order valence-corrected chi connectivity index (χ4v) is 4.93. The zero-order valence-corrected chi connectivity index (χ0v) is 26.4. The molecule has 0 aliphatic rings.